The molecule has 4 nitrogen and oxygen atoms in total. The maximum Gasteiger partial charge on any atom is 0.390 e. The van der Waals surface area contributed by atoms with Crippen molar-refractivity contribution in [3.8, 4) is 0 Å². The van der Waals surface area contributed by atoms with Gasteiger partial charge in [-0.05, 0) is 6.92 Å². The number of nitrogens with zero attached hydrogens (tertiary/aromatic N) is 2. The van der Waals surface area contributed by atoms with Gasteiger partial charge in [0.2, 0.25) is 5.95 Å². The summed E-state index contributed by atoms with van der Waals surface area (Å²) in [4.78, 5) is 7.33. The lowest BCUT2D eigenvalue weighted by atomic mass is 10.4. The molecule has 0 aliphatic rings. The molecule has 1 aromatic heterocycles. The molecule has 0 bridgehead atoms. The van der Waals surface area contributed by atoms with E-state index in [0.717, 1.165) is 6.20 Å². The number of nitrogens with one attached hydrogen (secondary N) is 2. The summed E-state index contributed by atoms with van der Waals surface area (Å²) in [6, 6.07) is 0. The van der Waals surface area contributed by atoms with Gasteiger partial charge in [0, 0.05) is 13.1 Å². The fraction of sp³-hybridized carbons (Fsp3) is 0.556. The van der Waals surface area contributed by atoms with Crippen molar-refractivity contribution in [2.24, 2.45) is 0 Å². The Bertz CT molecular complexity index is 367. The zero-order valence-electron chi connectivity index (χ0n) is 9.10. The van der Waals surface area contributed by atoms with Crippen LogP contribution in [-0.4, -0.2) is 29.2 Å². The van der Waals surface area contributed by atoms with Gasteiger partial charge in [0.05, 0.1) is 12.6 Å². The smallest absolute Gasteiger partial charge is 0.367 e. The highest BCUT2D eigenvalue weighted by atomic mass is 19.4. The molecule has 0 saturated heterocycles. The van der Waals surface area contributed by atoms with Crippen LogP contribution in [-0.2, 0) is 0 Å². The first-order chi connectivity index (χ1) is 7.92. The van der Waals surface area contributed by atoms with Crippen molar-refractivity contribution in [3.05, 3.63) is 12.0 Å². The molecule has 0 atom stereocenters. The highest BCUT2D eigenvalue weighted by Gasteiger charge is 2.26. The van der Waals surface area contributed by atoms with E-state index < -0.39 is 25.0 Å². The molecule has 1 rings (SSSR count). The average Bonchev–Trinajstić information content (AvgIpc) is 2.21. The summed E-state index contributed by atoms with van der Waals surface area (Å²) in [5.74, 6) is -0.850. The largest absolute Gasteiger partial charge is 0.390 e. The zero-order valence-corrected chi connectivity index (χ0v) is 9.10. The van der Waals surface area contributed by atoms with Crippen LogP contribution in [0.4, 0.5) is 29.3 Å². The molecule has 96 valence electrons. The highest BCUT2D eigenvalue weighted by Crippen LogP contribution is 2.20. The quantitative estimate of drug-likeness (QED) is 0.790. The van der Waals surface area contributed by atoms with E-state index in [4.69, 9.17) is 0 Å². The summed E-state index contributed by atoms with van der Waals surface area (Å²) in [5, 5.41) is 5.01. The SMILES string of the molecule is CCNc1ncc(F)c(NCCC(F)(F)F)n1. The van der Waals surface area contributed by atoms with E-state index in [1.807, 2.05) is 0 Å². The van der Waals surface area contributed by atoms with E-state index in [0.29, 0.717) is 6.54 Å². The van der Waals surface area contributed by atoms with E-state index in [2.05, 4.69) is 20.6 Å². The van der Waals surface area contributed by atoms with Crippen LogP contribution in [0.15, 0.2) is 6.20 Å². The lowest BCUT2D eigenvalue weighted by Crippen LogP contribution is -2.16. The molecule has 1 heterocycles. The number of anilines is 2. The summed E-state index contributed by atoms with van der Waals surface area (Å²) >= 11 is 0. The fourth-order valence-corrected chi connectivity index (χ4v) is 1.06. The minimum absolute atomic E-state index is 0.170. The number of aromatic nitrogens is 2. The van der Waals surface area contributed by atoms with Crippen LogP contribution in [0.3, 0.4) is 0 Å². The summed E-state index contributed by atoms with van der Waals surface area (Å²) in [6.07, 6.45) is -4.42. The third kappa shape index (κ3) is 4.83. The molecular formula is C9H12F4N4. The first-order valence-electron chi connectivity index (χ1n) is 4.99. The van der Waals surface area contributed by atoms with Gasteiger partial charge in [0.15, 0.2) is 11.6 Å². The standard InChI is InChI=1S/C9H12F4N4/c1-2-14-8-16-5-6(10)7(17-8)15-4-3-9(11,12)13/h5H,2-4H2,1H3,(H2,14,15,16,17). The average molecular weight is 252 g/mol. The van der Waals surface area contributed by atoms with E-state index in [-0.39, 0.29) is 11.8 Å². The predicted molar refractivity (Wildman–Crippen MR) is 55.3 cm³/mol. The highest BCUT2D eigenvalue weighted by molar-refractivity contribution is 5.40. The molecule has 2 N–H and O–H groups in total. The Morgan fingerprint density at radius 3 is 2.59 bits per heavy atom. The summed E-state index contributed by atoms with van der Waals surface area (Å²) in [7, 11) is 0. The molecule has 17 heavy (non-hydrogen) atoms. The van der Waals surface area contributed by atoms with Crippen molar-refractivity contribution < 1.29 is 17.6 Å². The maximum atomic E-state index is 13.1. The third-order valence-corrected chi connectivity index (χ3v) is 1.78. The van der Waals surface area contributed by atoms with Crippen LogP contribution in [0.2, 0.25) is 0 Å². The zero-order chi connectivity index (χ0) is 12.9. The maximum absolute atomic E-state index is 13.1. The number of hydrogen-bond donors (Lipinski definition) is 2. The second-order valence-corrected chi connectivity index (χ2v) is 3.21. The predicted octanol–water partition coefficient (Wildman–Crippen LogP) is 2.41. The summed E-state index contributed by atoms with van der Waals surface area (Å²) in [5.41, 5.74) is 0. The molecule has 0 fully saturated rings. The minimum Gasteiger partial charge on any atom is -0.367 e. The van der Waals surface area contributed by atoms with Crippen molar-refractivity contribution in [2.75, 3.05) is 23.7 Å². The lowest BCUT2D eigenvalue weighted by molar-refractivity contribution is -0.131. The second kappa shape index (κ2) is 5.65. The number of halogens is 4. The number of alkyl halides is 3. The van der Waals surface area contributed by atoms with Gasteiger partial charge in [-0.2, -0.15) is 18.2 Å². The van der Waals surface area contributed by atoms with Crippen molar-refractivity contribution in [2.45, 2.75) is 19.5 Å². The summed E-state index contributed by atoms with van der Waals surface area (Å²) < 4.78 is 48.8. The van der Waals surface area contributed by atoms with Crippen LogP contribution in [0.1, 0.15) is 13.3 Å². The second-order valence-electron chi connectivity index (χ2n) is 3.21. The molecule has 0 saturated carbocycles. The molecule has 0 unspecified atom stereocenters. The van der Waals surface area contributed by atoms with Gasteiger partial charge in [-0.3, -0.25) is 0 Å². The van der Waals surface area contributed by atoms with E-state index in [1.165, 1.54) is 0 Å². The molecule has 0 amide bonds. The third-order valence-electron chi connectivity index (χ3n) is 1.78. The lowest BCUT2D eigenvalue weighted by Gasteiger charge is -2.09. The summed E-state index contributed by atoms with van der Waals surface area (Å²) in [6.45, 7) is 1.90. The minimum atomic E-state index is -4.28. The molecule has 0 spiro atoms. The molecule has 0 radical (unpaired) electrons. The Hall–Kier alpha value is -1.60. The Kier molecular flexibility index (Phi) is 4.47. The van der Waals surface area contributed by atoms with Gasteiger partial charge in [-0.25, -0.2) is 9.37 Å². The normalized spacial score (nSPS) is 11.4. The first-order valence-corrected chi connectivity index (χ1v) is 4.99. The van der Waals surface area contributed by atoms with Crippen LogP contribution in [0.5, 0.6) is 0 Å². The van der Waals surface area contributed by atoms with Crippen LogP contribution >= 0.6 is 0 Å². The molecule has 0 aromatic carbocycles. The molecule has 0 aliphatic carbocycles. The van der Waals surface area contributed by atoms with Gasteiger partial charge < -0.3 is 10.6 Å². The van der Waals surface area contributed by atoms with Crippen molar-refractivity contribution in [3.63, 3.8) is 0 Å². The Morgan fingerprint density at radius 1 is 1.29 bits per heavy atom. The topological polar surface area (TPSA) is 49.8 Å². The first kappa shape index (κ1) is 13.5. The molecule has 8 heteroatoms. The van der Waals surface area contributed by atoms with Crippen LogP contribution in [0, 0.1) is 5.82 Å². The Balaban J connectivity index is 2.60. The van der Waals surface area contributed by atoms with Crippen LogP contribution < -0.4 is 10.6 Å². The van der Waals surface area contributed by atoms with Gasteiger partial charge in [0.25, 0.3) is 0 Å². The monoisotopic (exact) mass is 252 g/mol. The molecule has 1 aromatic rings. The van der Waals surface area contributed by atoms with Gasteiger partial charge in [0.1, 0.15) is 0 Å². The van der Waals surface area contributed by atoms with Gasteiger partial charge >= 0.3 is 6.18 Å². The van der Waals surface area contributed by atoms with Crippen molar-refractivity contribution in [1.82, 2.24) is 9.97 Å². The molecule has 0 aliphatic heterocycles. The van der Waals surface area contributed by atoms with E-state index >= 15 is 0 Å². The van der Waals surface area contributed by atoms with Crippen molar-refractivity contribution in [1.29, 1.82) is 0 Å². The number of rotatable bonds is 5. The Labute approximate surface area is 95.5 Å². The fourth-order valence-electron chi connectivity index (χ4n) is 1.06. The van der Waals surface area contributed by atoms with E-state index in [1.54, 1.807) is 6.92 Å². The van der Waals surface area contributed by atoms with Gasteiger partial charge in [-0.15, -0.1) is 0 Å². The van der Waals surface area contributed by atoms with Gasteiger partial charge in [-0.1, -0.05) is 0 Å². The number of hydrogen-bond acceptors (Lipinski definition) is 4. The van der Waals surface area contributed by atoms with Crippen molar-refractivity contribution >= 4 is 11.8 Å². The molecular weight excluding hydrogens is 240 g/mol. The van der Waals surface area contributed by atoms with E-state index in [9.17, 15) is 17.6 Å². The Morgan fingerprint density at radius 2 is 2.00 bits per heavy atom. The van der Waals surface area contributed by atoms with Crippen LogP contribution in [0.25, 0.3) is 0 Å².